The molecule has 0 atom stereocenters. The Balaban J connectivity index is 1.44. The van der Waals surface area contributed by atoms with E-state index in [2.05, 4.69) is 69.0 Å². The third-order valence-corrected chi connectivity index (χ3v) is 8.41. The highest BCUT2D eigenvalue weighted by molar-refractivity contribution is 7.99. The number of allylic oxidation sites excluding steroid dienone is 6. The largest absolute Gasteiger partial charge is 0.492 e. The molecule has 0 spiro atoms. The van der Waals surface area contributed by atoms with Crippen LogP contribution in [0, 0.1) is 0 Å². The molecule has 2 aromatic rings. The van der Waals surface area contributed by atoms with Crippen molar-refractivity contribution in [3.63, 3.8) is 0 Å². The summed E-state index contributed by atoms with van der Waals surface area (Å²) in [5.74, 6) is 1.75. The molecule has 0 amide bonds. The first-order valence-corrected chi connectivity index (χ1v) is 16.2. The molecule has 2 aromatic carbocycles. The number of ketones is 1. The number of nitrogens with zero attached hydrogens (tertiary/aromatic N) is 1. The highest BCUT2D eigenvalue weighted by atomic mass is 32.2. The lowest BCUT2D eigenvalue weighted by atomic mass is 10.1. The van der Waals surface area contributed by atoms with Gasteiger partial charge < -0.3 is 4.74 Å². The predicted octanol–water partition coefficient (Wildman–Crippen LogP) is 9.96. The van der Waals surface area contributed by atoms with Crippen LogP contribution in [0.15, 0.2) is 94.4 Å². The molecule has 41 heavy (non-hydrogen) atoms. The summed E-state index contributed by atoms with van der Waals surface area (Å²) in [6.07, 6.45) is 19.1. The van der Waals surface area contributed by atoms with Crippen molar-refractivity contribution < 1.29 is 9.53 Å². The van der Waals surface area contributed by atoms with E-state index in [-0.39, 0.29) is 5.78 Å². The molecule has 0 aliphatic carbocycles. The van der Waals surface area contributed by atoms with Crippen molar-refractivity contribution in [1.82, 2.24) is 4.90 Å². The van der Waals surface area contributed by atoms with Gasteiger partial charge in [-0.05, 0) is 127 Å². The Hall–Kier alpha value is -2.82. The minimum Gasteiger partial charge on any atom is -0.492 e. The fraction of sp³-hybridized carbons (Fsp3) is 0.432. The quantitative estimate of drug-likeness (QED) is 0.0868. The molecular formula is C37H49NO2S. The number of carbonyl (C=O) groups is 1. The van der Waals surface area contributed by atoms with Crippen LogP contribution in [0.4, 0.5) is 0 Å². The Labute approximate surface area is 253 Å². The second-order valence-electron chi connectivity index (χ2n) is 11.3. The molecule has 4 heteroatoms. The van der Waals surface area contributed by atoms with Crippen molar-refractivity contribution in [2.45, 2.75) is 77.5 Å². The summed E-state index contributed by atoms with van der Waals surface area (Å²) in [6.45, 7) is 12.8. The van der Waals surface area contributed by atoms with Gasteiger partial charge in [0.2, 0.25) is 0 Å². The number of ether oxygens (including phenoxy) is 1. The van der Waals surface area contributed by atoms with Crippen LogP contribution < -0.4 is 4.74 Å². The van der Waals surface area contributed by atoms with Crippen molar-refractivity contribution in [2.24, 2.45) is 0 Å². The van der Waals surface area contributed by atoms with Crippen molar-refractivity contribution in [1.29, 1.82) is 0 Å². The lowest BCUT2D eigenvalue weighted by molar-refractivity contribution is 0.104. The zero-order valence-electron chi connectivity index (χ0n) is 25.7. The normalized spacial score (nSPS) is 14.8. The Morgan fingerprint density at radius 1 is 0.854 bits per heavy atom. The van der Waals surface area contributed by atoms with E-state index in [0.717, 1.165) is 49.3 Å². The minimum absolute atomic E-state index is 0.00427. The zero-order valence-corrected chi connectivity index (χ0v) is 26.5. The average Bonchev–Trinajstić information content (AvgIpc) is 2.97. The second-order valence-corrected chi connectivity index (χ2v) is 12.3. The van der Waals surface area contributed by atoms with Gasteiger partial charge in [-0.3, -0.25) is 9.69 Å². The van der Waals surface area contributed by atoms with E-state index in [4.69, 9.17) is 4.74 Å². The molecule has 0 radical (unpaired) electrons. The van der Waals surface area contributed by atoms with Crippen LogP contribution in [-0.2, 0) is 0 Å². The maximum absolute atomic E-state index is 12.8. The summed E-state index contributed by atoms with van der Waals surface area (Å²) < 4.78 is 5.91. The Morgan fingerprint density at radius 3 is 2.27 bits per heavy atom. The monoisotopic (exact) mass is 571 g/mol. The fourth-order valence-corrected chi connectivity index (χ4v) is 5.84. The van der Waals surface area contributed by atoms with E-state index in [9.17, 15) is 4.79 Å². The first kappa shape index (κ1) is 32.7. The second kappa shape index (κ2) is 18.6. The molecule has 3 nitrogen and oxygen atoms in total. The molecule has 3 rings (SSSR count). The van der Waals surface area contributed by atoms with E-state index in [1.807, 2.05) is 48.2 Å². The van der Waals surface area contributed by atoms with Crippen LogP contribution in [0.25, 0.3) is 6.08 Å². The van der Waals surface area contributed by atoms with Gasteiger partial charge in [0, 0.05) is 22.8 Å². The van der Waals surface area contributed by atoms with E-state index < -0.39 is 0 Å². The fourth-order valence-electron chi connectivity index (χ4n) is 4.81. The van der Waals surface area contributed by atoms with Gasteiger partial charge in [0.25, 0.3) is 0 Å². The molecule has 220 valence electrons. The number of hydrogen-bond donors (Lipinski definition) is 0. The molecule has 0 unspecified atom stereocenters. The SMILES string of the molecule is CC(C)=CCCC(C)=CCCC(C)=CCSc1ccccc1/C=C/C(=O)c1ccc(OCCN2CCCCC2)cc1. The lowest BCUT2D eigenvalue weighted by Gasteiger charge is -2.26. The van der Waals surface area contributed by atoms with Crippen molar-refractivity contribution in [3.05, 3.63) is 101 Å². The molecule has 1 fully saturated rings. The van der Waals surface area contributed by atoms with Crippen LogP contribution in [-0.4, -0.2) is 42.7 Å². The number of hydrogen-bond acceptors (Lipinski definition) is 4. The maximum Gasteiger partial charge on any atom is 0.185 e. The van der Waals surface area contributed by atoms with Gasteiger partial charge in [-0.1, -0.05) is 59.6 Å². The summed E-state index contributed by atoms with van der Waals surface area (Å²) in [4.78, 5) is 16.5. The van der Waals surface area contributed by atoms with Gasteiger partial charge in [-0.15, -0.1) is 11.8 Å². The van der Waals surface area contributed by atoms with Crippen LogP contribution >= 0.6 is 11.8 Å². The summed E-state index contributed by atoms with van der Waals surface area (Å²) >= 11 is 1.82. The maximum atomic E-state index is 12.8. The number of piperidine rings is 1. The zero-order chi connectivity index (χ0) is 29.3. The molecule has 0 saturated carbocycles. The first-order valence-electron chi connectivity index (χ1n) is 15.2. The average molecular weight is 572 g/mol. The summed E-state index contributed by atoms with van der Waals surface area (Å²) in [5, 5.41) is 0. The summed E-state index contributed by atoms with van der Waals surface area (Å²) in [7, 11) is 0. The molecular weight excluding hydrogens is 522 g/mol. The highest BCUT2D eigenvalue weighted by Crippen LogP contribution is 2.25. The van der Waals surface area contributed by atoms with Gasteiger partial charge in [0.05, 0.1) is 0 Å². The van der Waals surface area contributed by atoms with Gasteiger partial charge >= 0.3 is 0 Å². The minimum atomic E-state index is 0.00427. The lowest BCUT2D eigenvalue weighted by Crippen LogP contribution is -2.33. The number of thioether (sulfide) groups is 1. The number of rotatable bonds is 16. The standard InChI is InChI=1S/C37H49NO2S/c1-30(2)12-10-13-31(3)14-11-15-32(4)24-29-41-37-17-7-6-16-34(37)20-23-36(39)33-18-21-35(22-19-33)40-28-27-38-25-8-5-9-26-38/h6-7,12,14,16-24H,5,8-11,13,15,25-29H2,1-4H3/b23-20+,31-14?,32-24?. The molecule has 0 bridgehead atoms. The molecule has 1 heterocycles. The van der Waals surface area contributed by atoms with Gasteiger partial charge in [-0.2, -0.15) is 0 Å². The highest BCUT2D eigenvalue weighted by Gasteiger charge is 2.10. The molecule has 0 aromatic heterocycles. The van der Waals surface area contributed by atoms with Crippen molar-refractivity contribution in [2.75, 3.05) is 32.0 Å². The van der Waals surface area contributed by atoms with Crippen molar-refractivity contribution in [3.8, 4) is 5.75 Å². The van der Waals surface area contributed by atoms with Crippen LogP contribution in [0.1, 0.15) is 88.6 Å². The Bertz CT molecular complexity index is 1200. The number of carbonyl (C=O) groups excluding carboxylic acids is 1. The molecule has 0 N–H and O–H groups in total. The van der Waals surface area contributed by atoms with Crippen LogP contribution in [0.5, 0.6) is 5.75 Å². The topological polar surface area (TPSA) is 29.5 Å². The van der Waals surface area contributed by atoms with E-state index in [1.54, 1.807) is 6.08 Å². The summed E-state index contributed by atoms with van der Waals surface area (Å²) in [5.41, 5.74) is 6.05. The molecule has 1 aliphatic rings. The smallest absolute Gasteiger partial charge is 0.185 e. The predicted molar refractivity (Wildman–Crippen MR) is 178 cm³/mol. The van der Waals surface area contributed by atoms with Gasteiger partial charge in [-0.25, -0.2) is 0 Å². The third-order valence-electron chi connectivity index (χ3n) is 7.39. The third kappa shape index (κ3) is 13.1. The molecule has 1 aliphatic heterocycles. The van der Waals surface area contributed by atoms with E-state index in [0.29, 0.717) is 12.2 Å². The van der Waals surface area contributed by atoms with E-state index >= 15 is 0 Å². The van der Waals surface area contributed by atoms with E-state index in [1.165, 1.54) is 54.0 Å². The summed E-state index contributed by atoms with van der Waals surface area (Å²) in [6, 6.07) is 15.8. The first-order chi connectivity index (χ1) is 19.9. The van der Waals surface area contributed by atoms with Crippen LogP contribution in [0.2, 0.25) is 0 Å². The van der Waals surface area contributed by atoms with Gasteiger partial charge in [0.15, 0.2) is 5.78 Å². The van der Waals surface area contributed by atoms with Gasteiger partial charge in [0.1, 0.15) is 12.4 Å². The number of benzene rings is 2. The van der Waals surface area contributed by atoms with Crippen molar-refractivity contribution >= 4 is 23.6 Å². The number of likely N-dealkylation sites (tertiary alicyclic amines) is 1. The molecule has 1 saturated heterocycles. The Kier molecular flexibility index (Phi) is 14.8. The Morgan fingerprint density at radius 2 is 1.54 bits per heavy atom. The van der Waals surface area contributed by atoms with Crippen LogP contribution in [0.3, 0.4) is 0 Å².